The van der Waals surface area contributed by atoms with E-state index in [1.54, 1.807) is 12.1 Å². The first-order chi connectivity index (χ1) is 6.59. The third-order valence-corrected chi connectivity index (χ3v) is 2.57. The summed E-state index contributed by atoms with van der Waals surface area (Å²) >= 11 is 0. The predicted molar refractivity (Wildman–Crippen MR) is 50.5 cm³/mol. The van der Waals surface area contributed by atoms with Gasteiger partial charge >= 0.3 is 5.97 Å². The van der Waals surface area contributed by atoms with Crippen LogP contribution in [0.5, 0.6) is 0 Å². The van der Waals surface area contributed by atoms with E-state index in [-0.39, 0.29) is 12.2 Å². The second-order valence-electron chi connectivity index (χ2n) is 3.61. The van der Waals surface area contributed by atoms with Crippen LogP contribution in [0, 0.1) is 6.92 Å². The average Bonchev–Trinajstić information content (AvgIpc) is 2.44. The van der Waals surface area contributed by atoms with Crippen molar-refractivity contribution in [1.82, 2.24) is 0 Å². The number of carbonyl (C=O) groups excluding carboxylic acids is 1. The smallest absolute Gasteiger partial charge is 0.311 e. The van der Waals surface area contributed by atoms with Crippen molar-refractivity contribution in [2.45, 2.75) is 19.3 Å². The summed E-state index contributed by atoms with van der Waals surface area (Å²) in [7, 11) is 0. The van der Waals surface area contributed by atoms with Crippen LogP contribution in [-0.2, 0) is 4.79 Å². The van der Waals surface area contributed by atoms with Crippen LogP contribution in [0.25, 0.3) is 0 Å². The van der Waals surface area contributed by atoms with Gasteiger partial charge in [0.05, 0.1) is 5.92 Å². The number of rotatable bonds is 1. The molecule has 1 aliphatic rings. The number of Topliss-reactive ketones (excluding diaryl/α,β-unsaturated/α-hetero) is 1. The summed E-state index contributed by atoms with van der Waals surface area (Å²) in [6.07, 6.45) is 0.105. The van der Waals surface area contributed by atoms with E-state index in [2.05, 4.69) is 0 Å². The summed E-state index contributed by atoms with van der Waals surface area (Å²) in [5, 5.41) is 8.89. The monoisotopic (exact) mass is 190 g/mol. The van der Waals surface area contributed by atoms with Crippen molar-refractivity contribution >= 4 is 11.8 Å². The fourth-order valence-electron chi connectivity index (χ4n) is 1.84. The van der Waals surface area contributed by atoms with Crippen molar-refractivity contribution in [2.75, 3.05) is 0 Å². The van der Waals surface area contributed by atoms with Gasteiger partial charge in [0.1, 0.15) is 0 Å². The molecule has 0 fully saturated rings. The number of fused-ring (bicyclic) bond motifs is 1. The van der Waals surface area contributed by atoms with Crippen LogP contribution in [0.15, 0.2) is 18.2 Å². The Morgan fingerprint density at radius 3 is 2.86 bits per heavy atom. The van der Waals surface area contributed by atoms with Gasteiger partial charge in [-0.25, -0.2) is 0 Å². The van der Waals surface area contributed by atoms with Gasteiger partial charge in [-0.15, -0.1) is 0 Å². The molecule has 1 aliphatic carbocycles. The lowest BCUT2D eigenvalue weighted by molar-refractivity contribution is -0.138. The van der Waals surface area contributed by atoms with Crippen LogP contribution in [0.4, 0.5) is 0 Å². The van der Waals surface area contributed by atoms with E-state index in [9.17, 15) is 9.59 Å². The highest BCUT2D eigenvalue weighted by Gasteiger charge is 2.33. The summed E-state index contributed by atoms with van der Waals surface area (Å²) < 4.78 is 0. The number of carbonyl (C=O) groups is 2. The number of hydrogen-bond acceptors (Lipinski definition) is 2. The maximum absolute atomic E-state index is 11.5. The molecule has 14 heavy (non-hydrogen) atoms. The molecule has 0 bridgehead atoms. The summed E-state index contributed by atoms with van der Waals surface area (Å²) in [5.74, 6) is -1.62. The first kappa shape index (κ1) is 8.94. The minimum atomic E-state index is -0.916. The molecule has 2 rings (SSSR count). The molecular weight excluding hydrogens is 180 g/mol. The highest BCUT2D eigenvalue weighted by molar-refractivity contribution is 6.05. The van der Waals surface area contributed by atoms with E-state index in [1.165, 1.54) is 0 Å². The first-order valence-corrected chi connectivity index (χ1v) is 4.46. The molecule has 3 nitrogen and oxygen atoms in total. The second-order valence-corrected chi connectivity index (χ2v) is 3.61. The Balaban J connectivity index is 2.55. The molecule has 1 atom stereocenters. The molecule has 1 N–H and O–H groups in total. The molecule has 0 radical (unpaired) electrons. The van der Waals surface area contributed by atoms with Gasteiger partial charge in [-0.2, -0.15) is 0 Å². The van der Waals surface area contributed by atoms with Crippen molar-refractivity contribution in [2.24, 2.45) is 0 Å². The van der Waals surface area contributed by atoms with Crippen LogP contribution in [0.3, 0.4) is 0 Å². The van der Waals surface area contributed by atoms with Gasteiger partial charge in [-0.3, -0.25) is 9.59 Å². The maximum atomic E-state index is 11.5. The molecule has 0 aliphatic heterocycles. The third-order valence-electron chi connectivity index (χ3n) is 2.57. The van der Waals surface area contributed by atoms with Crippen molar-refractivity contribution in [3.8, 4) is 0 Å². The van der Waals surface area contributed by atoms with Crippen molar-refractivity contribution in [1.29, 1.82) is 0 Å². The SMILES string of the molecule is Cc1ccc2c(c1)C(=O)CC2C(=O)O. The Bertz CT molecular complexity index is 421. The molecule has 0 saturated heterocycles. The van der Waals surface area contributed by atoms with Gasteiger partial charge in [-0.1, -0.05) is 17.7 Å². The second kappa shape index (κ2) is 2.94. The van der Waals surface area contributed by atoms with Gasteiger partial charge in [0.25, 0.3) is 0 Å². The summed E-state index contributed by atoms with van der Waals surface area (Å²) in [6.45, 7) is 1.89. The van der Waals surface area contributed by atoms with E-state index >= 15 is 0 Å². The molecular formula is C11H10O3. The quantitative estimate of drug-likeness (QED) is 0.733. The number of aliphatic carboxylic acids is 1. The lowest BCUT2D eigenvalue weighted by Crippen LogP contribution is -2.08. The highest BCUT2D eigenvalue weighted by atomic mass is 16.4. The van der Waals surface area contributed by atoms with Crippen LogP contribution in [0.2, 0.25) is 0 Å². The van der Waals surface area contributed by atoms with E-state index in [0.717, 1.165) is 5.56 Å². The van der Waals surface area contributed by atoms with E-state index < -0.39 is 11.9 Å². The molecule has 0 heterocycles. The number of carboxylic acid groups (broad SMARTS) is 1. The molecule has 3 heteroatoms. The Kier molecular flexibility index (Phi) is 1.88. The number of benzene rings is 1. The zero-order chi connectivity index (χ0) is 10.3. The average molecular weight is 190 g/mol. The molecule has 0 amide bonds. The minimum absolute atomic E-state index is 0.0592. The van der Waals surface area contributed by atoms with E-state index in [4.69, 9.17) is 5.11 Å². The normalized spacial score (nSPS) is 19.5. The topological polar surface area (TPSA) is 54.4 Å². The zero-order valence-corrected chi connectivity index (χ0v) is 7.78. The molecule has 1 aromatic carbocycles. The molecule has 1 aromatic rings. The van der Waals surface area contributed by atoms with Crippen molar-refractivity contribution < 1.29 is 14.7 Å². The molecule has 1 unspecified atom stereocenters. The van der Waals surface area contributed by atoms with Crippen LogP contribution < -0.4 is 0 Å². The Morgan fingerprint density at radius 1 is 1.50 bits per heavy atom. The third kappa shape index (κ3) is 1.21. The minimum Gasteiger partial charge on any atom is -0.481 e. The van der Waals surface area contributed by atoms with Crippen molar-refractivity contribution in [3.05, 3.63) is 34.9 Å². The van der Waals surface area contributed by atoms with Crippen molar-refractivity contribution in [3.63, 3.8) is 0 Å². The van der Waals surface area contributed by atoms with Crippen LogP contribution in [-0.4, -0.2) is 16.9 Å². The first-order valence-electron chi connectivity index (χ1n) is 4.46. The molecule has 72 valence electrons. The number of hydrogen-bond donors (Lipinski definition) is 1. The lowest BCUT2D eigenvalue weighted by Gasteiger charge is -2.04. The molecule has 0 spiro atoms. The number of ketones is 1. The van der Waals surface area contributed by atoms with Gasteiger partial charge in [0, 0.05) is 12.0 Å². The van der Waals surface area contributed by atoms with Gasteiger partial charge in [0.15, 0.2) is 5.78 Å². The summed E-state index contributed by atoms with van der Waals surface area (Å²) in [6, 6.07) is 5.35. The lowest BCUT2D eigenvalue weighted by atomic mass is 10.0. The fourth-order valence-corrected chi connectivity index (χ4v) is 1.84. The molecule has 0 saturated carbocycles. The fraction of sp³-hybridized carbons (Fsp3) is 0.273. The summed E-state index contributed by atoms with van der Waals surface area (Å²) in [5.41, 5.74) is 2.23. The largest absolute Gasteiger partial charge is 0.481 e. The highest BCUT2D eigenvalue weighted by Crippen LogP contribution is 2.33. The standard InChI is InChI=1S/C11H10O3/c1-6-2-3-7-8(4-6)10(12)5-9(7)11(13)14/h2-4,9H,5H2,1H3,(H,13,14). The Hall–Kier alpha value is -1.64. The predicted octanol–water partition coefficient (Wildman–Crippen LogP) is 1.75. The van der Waals surface area contributed by atoms with E-state index in [1.807, 2.05) is 13.0 Å². The van der Waals surface area contributed by atoms with Crippen LogP contribution >= 0.6 is 0 Å². The Morgan fingerprint density at radius 2 is 2.21 bits per heavy atom. The Labute approximate surface area is 81.4 Å². The number of aryl methyl sites for hydroxylation is 1. The van der Waals surface area contributed by atoms with Gasteiger partial charge in [0.2, 0.25) is 0 Å². The maximum Gasteiger partial charge on any atom is 0.311 e. The summed E-state index contributed by atoms with van der Waals surface area (Å²) in [4.78, 5) is 22.3. The molecule has 0 aromatic heterocycles. The van der Waals surface area contributed by atoms with Gasteiger partial charge < -0.3 is 5.11 Å². The van der Waals surface area contributed by atoms with Crippen LogP contribution in [0.1, 0.15) is 33.8 Å². The number of carboxylic acids is 1. The van der Waals surface area contributed by atoms with Gasteiger partial charge in [-0.05, 0) is 18.6 Å². The van der Waals surface area contributed by atoms with E-state index in [0.29, 0.717) is 11.1 Å². The zero-order valence-electron chi connectivity index (χ0n) is 7.78.